The maximum Gasteiger partial charge on any atom is 0.252 e. The minimum Gasteiger partial charge on any atom is -0.395 e. The third kappa shape index (κ3) is 3.03. The van der Waals surface area contributed by atoms with Crippen LogP contribution in [0.5, 0.6) is 0 Å². The molecule has 0 radical (unpaired) electrons. The van der Waals surface area contributed by atoms with Crippen LogP contribution >= 0.6 is 0 Å². The molecule has 80 valence electrons. The van der Waals surface area contributed by atoms with Gasteiger partial charge in [-0.25, -0.2) is 0 Å². The molecule has 2 amide bonds. The van der Waals surface area contributed by atoms with Gasteiger partial charge in [0.2, 0.25) is 5.91 Å². The number of amides is 2. The van der Waals surface area contributed by atoms with Crippen molar-refractivity contribution in [2.75, 3.05) is 13.2 Å². The van der Waals surface area contributed by atoms with Crippen molar-refractivity contribution >= 4 is 11.8 Å². The highest BCUT2D eigenvalue weighted by Gasteiger charge is 2.08. The minimum atomic E-state index is -0.640. The molecule has 1 rings (SSSR count). The van der Waals surface area contributed by atoms with Crippen LogP contribution in [0, 0.1) is 0 Å². The number of nitrogens with one attached hydrogen (secondary N) is 1. The van der Waals surface area contributed by atoms with E-state index in [1.165, 1.54) is 18.5 Å². The van der Waals surface area contributed by atoms with Gasteiger partial charge in [0.15, 0.2) is 0 Å². The van der Waals surface area contributed by atoms with Gasteiger partial charge in [0.1, 0.15) is 0 Å². The van der Waals surface area contributed by atoms with Gasteiger partial charge in [-0.05, 0) is 6.07 Å². The van der Waals surface area contributed by atoms with Gasteiger partial charge >= 0.3 is 0 Å². The average molecular weight is 209 g/mol. The fourth-order valence-corrected chi connectivity index (χ4v) is 0.970. The van der Waals surface area contributed by atoms with E-state index in [-0.39, 0.29) is 24.3 Å². The van der Waals surface area contributed by atoms with E-state index in [4.69, 9.17) is 10.8 Å². The van der Waals surface area contributed by atoms with E-state index >= 15 is 0 Å². The summed E-state index contributed by atoms with van der Waals surface area (Å²) in [7, 11) is 0. The first-order valence-corrected chi connectivity index (χ1v) is 4.29. The predicted octanol–water partition coefficient (Wildman–Crippen LogP) is -1.10. The van der Waals surface area contributed by atoms with Crippen LogP contribution in [0.15, 0.2) is 18.5 Å². The van der Waals surface area contributed by atoms with Crippen LogP contribution in [-0.2, 0) is 0 Å². The van der Waals surface area contributed by atoms with Gasteiger partial charge in [-0.2, -0.15) is 0 Å². The van der Waals surface area contributed by atoms with E-state index in [1.54, 1.807) is 0 Å². The first-order valence-electron chi connectivity index (χ1n) is 4.29. The molecule has 0 aromatic carbocycles. The van der Waals surface area contributed by atoms with Gasteiger partial charge in [-0.15, -0.1) is 0 Å². The lowest BCUT2D eigenvalue weighted by Crippen LogP contribution is -2.26. The number of pyridine rings is 1. The Morgan fingerprint density at radius 3 is 2.67 bits per heavy atom. The lowest BCUT2D eigenvalue weighted by Gasteiger charge is -2.03. The largest absolute Gasteiger partial charge is 0.395 e. The second kappa shape index (κ2) is 5.06. The summed E-state index contributed by atoms with van der Waals surface area (Å²) in [5, 5.41) is 10.9. The summed E-state index contributed by atoms with van der Waals surface area (Å²) >= 11 is 0. The fraction of sp³-hybridized carbons (Fsp3) is 0.222. The van der Waals surface area contributed by atoms with Gasteiger partial charge < -0.3 is 16.2 Å². The number of carbonyl (C=O) groups is 2. The Bertz CT molecular complexity index is 379. The zero-order chi connectivity index (χ0) is 11.3. The molecule has 6 heteroatoms. The van der Waals surface area contributed by atoms with Crippen molar-refractivity contribution in [1.82, 2.24) is 10.3 Å². The third-order valence-electron chi connectivity index (χ3n) is 1.68. The molecule has 1 heterocycles. The molecular weight excluding hydrogens is 198 g/mol. The highest BCUT2D eigenvalue weighted by Crippen LogP contribution is 2.01. The van der Waals surface area contributed by atoms with Gasteiger partial charge in [-0.1, -0.05) is 0 Å². The SMILES string of the molecule is NC(=O)c1cncc(C(=O)NCCO)c1. The van der Waals surface area contributed by atoms with E-state index in [9.17, 15) is 9.59 Å². The molecule has 4 N–H and O–H groups in total. The van der Waals surface area contributed by atoms with Gasteiger partial charge in [0.25, 0.3) is 5.91 Å². The van der Waals surface area contributed by atoms with Gasteiger partial charge in [0, 0.05) is 18.9 Å². The molecule has 0 bridgehead atoms. The van der Waals surface area contributed by atoms with E-state index in [2.05, 4.69) is 10.3 Å². The Hall–Kier alpha value is -1.95. The van der Waals surface area contributed by atoms with Gasteiger partial charge in [-0.3, -0.25) is 14.6 Å². The van der Waals surface area contributed by atoms with Crippen molar-refractivity contribution in [1.29, 1.82) is 0 Å². The van der Waals surface area contributed by atoms with Crippen molar-refractivity contribution in [2.45, 2.75) is 0 Å². The topological polar surface area (TPSA) is 105 Å². The average Bonchev–Trinajstić information content (AvgIpc) is 2.26. The molecule has 0 aliphatic carbocycles. The molecule has 1 aromatic heterocycles. The molecule has 0 aliphatic heterocycles. The maximum atomic E-state index is 11.4. The minimum absolute atomic E-state index is 0.144. The Kier molecular flexibility index (Phi) is 3.75. The molecule has 0 spiro atoms. The van der Waals surface area contributed by atoms with Crippen LogP contribution in [0.4, 0.5) is 0 Å². The highest BCUT2D eigenvalue weighted by molar-refractivity contribution is 5.98. The molecule has 0 fully saturated rings. The third-order valence-corrected chi connectivity index (χ3v) is 1.68. The smallest absolute Gasteiger partial charge is 0.252 e. The molecule has 15 heavy (non-hydrogen) atoms. The van der Waals surface area contributed by atoms with E-state index in [0.717, 1.165) is 0 Å². The molecule has 0 aliphatic rings. The lowest BCUT2D eigenvalue weighted by atomic mass is 10.2. The van der Waals surface area contributed by atoms with E-state index < -0.39 is 11.8 Å². The summed E-state index contributed by atoms with van der Waals surface area (Å²) in [6, 6.07) is 1.35. The Labute approximate surface area is 86.1 Å². The molecule has 0 saturated heterocycles. The highest BCUT2D eigenvalue weighted by atomic mass is 16.3. The van der Waals surface area contributed by atoms with Crippen molar-refractivity contribution < 1.29 is 14.7 Å². The standard InChI is InChI=1S/C9H11N3O3/c10-8(14)6-3-7(5-11-4-6)9(15)12-1-2-13/h3-5,13H,1-2H2,(H2,10,14)(H,12,15). The summed E-state index contributed by atoms with van der Waals surface area (Å²) in [6.45, 7) is 0.00825. The quantitative estimate of drug-likeness (QED) is 0.585. The normalized spacial score (nSPS) is 9.67. The number of aliphatic hydroxyl groups is 1. The van der Waals surface area contributed by atoms with Crippen molar-refractivity contribution in [3.63, 3.8) is 0 Å². The number of nitrogens with two attached hydrogens (primary N) is 1. The fourth-order valence-electron chi connectivity index (χ4n) is 0.970. The molecule has 1 aromatic rings. The van der Waals surface area contributed by atoms with Crippen LogP contribution < -0.4 is 11.1 Å². The summed E-state index contributed by atoms with van der Waals surface area (Å²) < 4.78 is 0. The number of aromatic nitrogens is 1. The van der Waals surface area contributed by atoms with E-state index in [0.29, 0.717) is 0 Å². The number of carbonyl (C=O) groups excluding carboxylic acids is 2. The zero-order valence-corrected chi connectivity index (χ0v) is 7.93. The molecular formula is C9H11N3O3. The second-order valence-corrected chi connectivity index (χ2v) is 2.81. The first kappa shape index (κ1) is 11.1. The van der Waals surface area contributed by atoms with Crippen molar-refractivity contribution in [3.05, 3.63) is 29.6 Å². The lowest BCUT2D eigenvalue weighted by molar-refractivity contribution is 0.0944. The van der Waals surface area contributed by atoms with Crippen molar-refractivity contribution in [3.8, 4) is 0 Å². The summed E-state index contributed by atoms with van der Waals surface area (Å²) in [6.07, 6.45) is 2.60. The molecule has 0 atom stereocenters. The number of primary amides is 1. The number of aliphatic hydroxyl groups excluding tert-OH is 1. The molecule has 6 nitrogen and oxygen atoms in total. The molecule has 0 unspecified atom stereocenters. The summed E-state index contributed by atoms with van der Waals surface area (Å²) in [5.74, 6) is -1.04. The Morgan fingerprint density at radius 1 is 1.40 bits per heavy atom. The van der Waals surface area contributed by atoms with Crippen LogP contribution in [0.2, 0.25) is 0 Å². The first-order chi connectivity index (χ1) is 7.15. The summed E-state index contributed by atoms with van der Waals surface area (Å²) in [4.78, 5) is 25.9. The Morgan fingerprint density at radius 2 is 2.07 bits per heavy atom. The van der Waals surface area contributed by atoms with Crippen LogP contribution in [0.3, 0.4) is 0 Å². The number of hydrogen-bond donors (Lipinski definition) is 3. The zero-order valence-electron chi connectivity index (χ0n) is 7.93. The predicted molar refractivity (Wildman–Crippen MR) is 52.2 cm³/mol. The monoisotopic (exact) mass is 209 g/mol. The second-order valence-electron chi connectivity index (χ2n) is 2.81. The summed E-state index contributed by atoms with van der Waals surface area (Å²) in [5.41, 5.74) is 5.44. The van der Waals surface area contributed by atoms with Crippen LogP contribution in [-0.4, -0.2) is 35.1 Å². The van der Waals surface area contributed by atoms with Crippen LogP contribution in [0.1, 0.15) is 20.7 Å². The number of nitrogens with zero attached hydrogens (tertiary/aromatic N) is 1. The van der Waals surface area contributed by atoms with Crippen LogP contribution in [0.25, 0.3) is 0 Å². The number of hydrogen-bond acceptors (Lipinski definition) is 4. The Balaban J connectivity index is 2.81. The van der Waals surface area contributed by atoms with Gasteiger partial charge in [0.05, 0.1) is 17.7 Å². The maximum absolute atomic E-state index is 11.4. The molecule has 0 saturated carbocycles. The van der Waals surface area contributed by atoms with Crippen molar-refractivity contribution in [2.24, 2.45) is 5.73 Å². The van der Waals surface area contributed by atoms with E-state index in [1.807, 2.05) is 0 Å². The number of rotatable bonds is 4.